The molecule has 5 heterocycles. The molecule has 168 valence electrons. The zero-order valence-corrected chi connectivity index (χ0v) is 18.4. The standard InChI is InChI=1S/C21H29N5O4S/c27-31(28,24-10-2-1-3-11-24)25-12-4-5-17(14-25)15-29-18-6-7-19(22-13-18)20-8-9-23-26(20)21-16-30-21/h6-9,13,17,21H,1-5,10-12,14-16H2/t17-,21?/m1/s1. The van der Waals surface area contributed by atoms with Crippen LogP contribution in [0.4, 0.5) is 0 Å². The smallest absolute Gasteiger partial charge is 0.281 e. The van der Waals surface area contributed by atoms with Crippen LogP contribution in [0.2, 0.25) is 0 Å². The van der Waals surface area contributed by atoms with Gasteiger partial charge in [0.05, 0.1) is 30.8 Å². The highest BCUT2D eigenvalue weighted by molar-refractivity contribution is 7.86. The molecule has 5 rings (SSSR count). The third-order valence-corrected chi connectivity index (χ3v) is 8.19. The summed E-state index contributed by atoms with van der Waals surface area (Å²) in [6, 6.07) is 5.74. The normalized spacial score (nSPS) is 25.4. The van der Waals surface area contributed by atoms with Gasteiger partial charge < -0.3 is 9.47 Å². The largest absolute Gasteiger partial charge is 0.492 e. The molecule has 0 radical (unpaired) electrons. The fourth-order valence-electron chi connectivity index (χ4n) is 4.39. The molecule has 2 aromatic rings. The fourth-order valence-corrected chi connectivity index (χ4v) is 6.20. The first-order valence-electron chi connectivity index (χ1n) is 11.1. The van der Waals surface area contributed by atoms with E-state index in [2.05, 4.69) is 10.1 Å². The number of hydrogen-bond acceptors (Lipinski definition) is 6. The Morgan fingerprint density at radius 1 is 1.06 bits per heavy atom. The number of epoxide rings is 1. The van der Waals surface area contributed by atoms with Gasteiger partial charge in [0.2, 0.25) is 0 Å². The second-order valence-electron chi connectivity index (χ2n) is 8.47. The van der Waals surface area contributed by atoms with Crippen LogP contribution in [-0.4, -0.2) is 71.2 Å². The first-order chi connectivity index (χ1) is 15.1. The molecule has 0 amide bonds. The van der Waals surface area contributed by atoms with Crippen LogP contribution in [0.1, 0.15) is 38.3 Å². The molecule has 31 heavy (non-hydrogen) atoms. The van der Waals surface area contributed by atoms with Gasteiger partial charge in [-0.15, -0.1) is 0 Å². The van der Waals surface area contributed by atoms with Crippen molar-refractivity contribution >= 4 is 10.2 Å². The van der Waals surface area contributed by atoms with Gasteiger partial charge in [0, 0.05) is 38.3 Å². The van der Waals surface area contributed by atoms with Gasteiger partial charge in [-0.05, 0) is 43.9 Å². The first-order valence-corrected chi connectivity index (χ1v) is 12.5. The van der Waals surface area contributed by atoms with Crippen molar-refractivity contribution in [3.63, 3.8) is 0 Å². The maximum Gasteiger partial charge on any atom is 0.281 e. The van der Waals surface area contributed by atoms with Gasteiger partial charge in [0.25, 0.3) is 10.2 Å². The average Bonchev–Trinajstić information content (AvgIpc) is 3.55. The number of rotatable bonds is 7. The lowest BCUT2D eigenvalue weighted by Gasteiger charge is -2.36. The van der Waals surface area contributed by atoms with Crippen molar-refractivity contribution in [1.29, 1.82) is 0 Å². The molecule has 0 aliphatic carbocycles. The van der Waals surface area contributed by atoms with E-state index in [1.54, 1.807) is 21.0 Å². The number of pyridine rings is 1. The predicted molar refractivity (Wildman–Crippen MR) is 115 cm³/mol. The third-order valence-electron chi connectivity index (χ3n) is 6.19. The van der Waals surface area contributed by atoms with Crippen LogP contribution in [0.25, 0.3) is 11.4 Å². The van der Waals surface area contributed by atoms with E-state index >= 15 is 0 Å². The molecule has 9 nitrogen and oxygen atoms in total. The second kappa shape index (κ2) is 8.85. The summed E-state index contributed by atoms with van der Waals surface area (Å²) in [6.07, 6.45) is 8.34. The summed E-state index contributed by atoms with van der Waals surface area (Å²) < 4.78 is 42.4. The molecule has 10 heteroatoms. The SMILES string of the molecule is O=S(=O)(N1CCCCC1)N1CCC[C@@H](COc2ccc(-c3ccnn3C3CO3)nc2)C1. The van der Waals surface area contributed by atoms with Gasteiger partial charge in [-0.1, -0.05) is 6.42 Å². The van der Waals surface area contributed by atoms with Crippen molar-refractivity contribution in [2.45, 2.75) is 38.3 Å². The summed E-state index contributed by atoms with van der Waals surface area (Å²) in [7, 11) is -3.36. The summed E-state index contributed by atoms with van der Waals surface area (Å²) >= 11 is 0. The highest BCUT2D eigenvalue weighted by Gasteiger charge is 2.34. The summed E-state index contributed by atoms with van der Waals surface area (Å²) in [6.45, 7) is 3.57. The Balaban J connectivity index is 1.17. The second-order valence-corrected chi connectivity index (χ2v) is 10.4. The van der Waals surface area contributed by atoms with Gasteiger partial charge in [-0.3, -0.25) is 4.98 Å². The van der Waals surface area contributed by atoms with Crippen molar-refractivity contribution in [3.05, 3.63) is 30.6 Å². The lowest BCUT2D eigenvalue weighted by atomic mass is 10.0. The number of aromatic nitrogens is 3. The number of hydrogen-bond donors (Lipinski definition) is 0. The Morgan fingerprint density at radius 2 is 1.87 bits per heavy atom. The topological polar surface area (TPSA) is 93.1 Å². The van der Waals surface area contributed by atoms with Gasteiger partial charge in [-0.2, -0.15) is 22.1 Å². The molecule has 1 unspecified atom stereocenters. The van der Waals surface area contributed by atoms with E-state index < -0.39 is 10.2 Å². The van der Waals surface area contributed by atoms with Gasteiger partial charge in [0.15, 0.2) is 6.23 Å². The molecular weight excluding hydrogens is 418 g/mol. The molecule has 0 saturated carbocycles. The van der Waals surface area contributed by atoms with Crippen LogP contribution in [0.5, 0.6) is 5.75 Å². The summed E-state index contributed by atoms with van der Waals surface area (Å²) in [5, 5.41) is 4.30. The molecular formula is C21H29N5O4S. The van der Waals surface area contributed by atoms with Crippen LogP contribution < -0.4 is 4.74 Å². The van der Waals surface area contributed by atoms with Crippen LogP contribution in [0.3, 0.4) is 0 Å². The molecule has 0 aromatic carbocycles. The maximum absolute atomic E-state index is 13.0. The van der Waals surface area contributed by atoms with Crippen LogP contribution in [-0.2, 0) is 14.9 Å². The minimum Gasteiger partial charge on any atom is -0.492 e. The molecule has 2 aromatic heterocycles. The lowest BCUT2D eigenvalue weighted by Crippen LogP contribution is -2.50. The average molecular weight is 448 g/mol. The zero-order valence-electron chi connectivity index (χ0n) is 17.6. The van der Waals surface area contributed by atoms with E-state index in [1.807, 2.05) is 22.9 Å². The molecule has 0 N–H and O–H groups in total. The van der Waals surface area contributed by atoms with Gasteiger partial charge in [0.1, 0.15) is 5.75 Å². The van der Waals surface area contributed by atoms with Crippen LogP contribution in [0, 0.1) is 5.92 Å². The Kier molecular flexibility index (Phi) is 5.96. The van der Waals surface area contributed by atoms with Crippen LogP contribution >= 0.6 is 0 Å². The molecule has 3 fully saturated rings. The minimum absolute atomic E-state index is 0.0122. The van der Waals surface area contributed by atoms with E-state index in [1.165, 1.54) is 0 Å². The third kappa shape index (κ3) is 4.62. The van der Waals surface area contributed by atoms with E-state index in [9.17, 15) is 8.42 Å². The molecule has 3 saturated heterocycles. The molecule has 0 bridgehead atoms. The summed E-state index contributed by atoms with van der Waals surface area (Å²) in [4.78, 5) is 4.52. The number of ether oxygens (including phenoxy) is 2. The minimum atomic E-state index is -3.36. The van der Waals surface area contributed by atoms with E-state index in [0.717, 1.165) is 43.5 Å². The van der Waals surface area contributed by atoms with Crippen molar-refractivity contribution in [2.75, 3.05) is 39.4 Å². The van der Waals surface area contributed by atoms with Gasteiger partial charge in [-0.25, -0.2) is 4.68 Å². The highest BCUT2D eigenvalue weighted by Crippen LogP contribution is 2.29. The lowest BCUT2D eigenvalue weighted by molar-refractivity contribution is 0.172. The van der Waals surface area contributed by atoms with Crippen molar-refractivity contribution in [3.8, 4) is 17.1 Å². The van der Waals surface area contributed by atoms with Crippen molar-refractivity contribution in [1.82, 2.24) is 23.4 Å². The summed E-state index contributed by atoms with van der Waals surface area (Å²) in [5.41, 5.74) is 1.73. The van der Waals surface area contributed by atoms with E-state index in [0.29, 0.717) is 45.1 Å². The Labute approximate surface area is 183 Å². The van der Waals surface area contributed by atoms with Crippen LogP contribution in [0.15, 0.2) is 30.6 Å². The van der Waals surface area contributed by atoms with Crippen molar-refractivity contribution in [2.24, 2.45) is 5.92 Å². The Morgan fingerprint density at radius 3 is 2.61 bits per heavy atom. The Bertz CT molecular complexity index is 983. The monoisotopic (exact) mass is 447 g/mol. The Hall–Kier alpha value is -2.01. The highest BCUT2D eigenvalue weighted by atomic mass is 32.2. The fraction of sp³-hybridized carbons (Fsp3) is 0.619. The number of piperidine rings is 2. The van der Waals surface area contributed by atoms with Crippen molar-refractivity contribution < 1.29 is 17.9 Å². The first kappa shape index (κ1) is 20.9. The zero-order chi connectivity index (χ0) is 21.3. The predicted octanol–water partition coefficient (Wildman–Crippen LogP) is 2.30. The molecule has 2 atom stereocenters. The van der Waals surface area contributed by atoms with E-state index in [4.69, 9.17) is 9.47 Å². The summed E-state index contributed by atoms with van der Waals surface area (Å²) in [5.74, 6) is 0.870. The molecule has 3 aliphatic heterocycles. The van der Waals surface area contributed by atoms with E-state index in [-0.39, 0.29) is 12.1 Å². The quantitative estimate of drug-likeness (QED) is 0.605. The maximum atomic E-state index is 13.0. The molecule has 0 spiro atoms. The number of nitrogens with zero attached hydrogens (tertiary/aromatic N) is 5. The van der Waals surface area contributed by atoms with Gasteiger partial charge >= 0.3 is 0 Å². The molecule has 3 aliphatic rings.